The number of allylic oxidation sites excluding steroid dienone is 1. The van der Waals surface area contributed by atoms with Gasteiger partial charge in [0.15, 0.2) is 0 Å². The van der Waals surface area contributed by atoms with Crippen LogP contribution in [0.1, 0.15) is 26.2 Å². The second kappa shape index (κ2) is 3.85. The molecule has 0 unspecified atom stereocenters. The predicted molar refractivity (Wildman–Crippen MR) is 47.7 cm³/mol. The van der Waals surface area contributed by atoms with Crippen LogP contribution in [0.25, 0.3) is 0 Å². The molecule has 0 aromatic heterocycles. The van der Waals surface area contributed by atoms with Crippen LogP contribution < -0.4 is 0 Å². The summed E-state index contributed by atoms with van der Waals surface area (Å²) in [4.78, 5) is 0. The molecular formula is C10H15FO. The Bertz CT molecular complexity index is 218. The monoisotopic (exact) mass is 170 g/mol. The lowest BCUT2D eigenvalue weighted by atomic mass is 10.0. The number of aliphatic hydroxyl groups excluding tert-OH is 1. The van der Waals surface area contributed by atoms with E-state index in [9.17, 15) is 9.50 Å². The van der Waals surface area contributed by atoms with Crippen molar-refractivity contribution in [3.8, 4) is 0 Å². The van der Waals surface area contributed by atoms with Crippen molar-refractivity contribution in [1.29, 1.82) is 0 Å². The van der Waals surface area contributed by atoms with E-state index in [-0.39, 0.29) is 12.8 Å². The molecule has 0 saturated heterocycles. The Labute approximate surface area is 72.6 Å². The second-order valence-corrected chi connectivity index (χ2v) is 3.28. The first kappa shape index (κ1) is 9.46. The first-order valence-electron chi connectivity index (χ1n) is 4.28. The molecule has 0 aromatic carbocycles. The Balaban J connectivity index is 2.65. The Hall–Kier alpha value is -0.630. The van der Waals surface area contributed by atoms with E-state index in [2.05, 4.69) is 6.58 Å². The number of hydrogen-bond donors (Lipinski definition) is 1. The van der Waals surface area contributed by atoms with Gasteiger partial charge in [-0.15, -0.1) is 0 Å². The summed E-state index contributed by atoms with van der Waals surface area (Å²) in [6.07, 6.45) is 1.52. The van der Waals surface area contributed by atoms with Gasteiger partial charge in [-0.05, 0) is 36.5 Å². The fraction of sp³-hybridized carbons (Fsp3) is 0.600. The number of hydrogen-bond acceptors (Lipinski definition) is 1. The molecule has 0 fully saturated rings. The fourth-order valence-corrected chi connectivity index (χ4v) is 1.61. The minimum atomic E-state index is -0.368. The van der Waals surface area contributed by atoms with Crippen LogP contribution in [-0.2, 0) is 0 Å². The van der Waals surface area contributed by atoms with Crippen molar-refractivity contribution < 1.29 is 9.50 Å². The highest BCUT2D eigenvalue weighted by Crippen LogP contribution is 2.32. The lowest BCUT2D eigenvalue weighted by Crippen LogP contribution is -2.01. The van der Waals surface area contributed by atoms with E-state index in [1.165, 1.54) is 0 Å². The van der Waals surface area contributed by atoms with Crippen LogP contribution in [0.2, 0.25) is 0 Å². The standard InChI is InChI=1S/C10H15FO/c1-7-6-10(12)8(2)9(7)4-3-5-11/h10,12H,1,3-6H2,2H3/t10-/m0/s1. The van der Waals surface area contributed by atoms with Gasteiger partial charge in [-0.3, -0.25) is 4.39 Å². The van der Waals surface area contributed by atoms with Gasteiger partial charge in [0.2, 0.25) is 0 Å². The smallest absolute Gasteiger partial charge is 0.0897 e. The molecule has 12 heavy (non-hydrogen) atoms. The van der Waals surface area contributed by atoms with Crippen LogP contribution >= 0.6 is 0 Å². The number of aliphatic hydroxyl groups is 1. The molecule has 68 valence electrons. The molecule has 0 heterocycles. The summed E-state index contributed by atoms with van der Waals surface area (Å²) in [6, 6.07) is 0. The third-order valence-corrected chi connectivity index (χ3v) is 2.40. The molecule has 2 heteroatoms. The summed E-state index contributed by atoms with van der Waals surface area (Å²) in [5, 5.41) is 9.43. The lowest BCUT2D eigenvalue weighted by molar-refractivity contribution is 0.219. The van der Waals surface area contributed by atoms with Crippen LogP contribution in [0.15, 0.2) is 23.3 Å². The molecule has 1 rings (SSSR count). The van der Waals surface area contributed by atoms with E-state index in [1.807, 2.05) is 6.92 Å². The third-order valence-electron chi connectivity index (χ3n) is 2.40. The van der Waals surface area contributed by atoms with Gasteiger partial charge in [0, 0.05) is 6.42 Å². The number of rotatable bonds is 3. The Morgan fingerprint density at radius 1 is 1.67 bits per heavy atom. The first-order chi connectivity index (χ1) is 5.66. The summed E-state index contributed by atoms with van der Waals surface area (Å²) in [7, 11) is 0. The van der Waals surface area contributed by atoms with Crippen molar-refractivity contribution >= 4 is 0 Å². The van der Waals surface area contributed by atoms with Crippen molar-refractivity contribution in [2.75, 3.05) is 6.67 Å². The van der Waals surface area contributed by atoms with Crippen LogP contribution in [0.3, 0.4) is 0 Å². The highest BCUT2D eigenvalue weighted by molar-refractivity contribution is 5.41. The van der Waals surface area contributed by atoms with Gasteiger partial charge in [0.1, 0.15) is 0 Å². The number of alkyl halides is 1. The van der Waals surface area contributed by atoms with Crippen LogP contribution in [-0.4, -0.2) is 17.9 Å². The van der Waals surface area contributed by atoms with E-state index < -0.39 is 0 Å². The maximum absolute atomic E-state index is 11.9. The van der Waals surface area contributed by atoms with Crippen molar-refractivity contribution in [2.45, 2.75) is 32.3 Å². The molecule has 0 radical (unpaired) electrons. The molecule has 1 atom stereocenters. The first-order valence-corrected chi connectivity index (χ1v) is 4.28. The zero-order valence-corrected chi connectivity index (χ0v) is 7.44. The van der Waals surface area contributed by atoms with Gasteiger partial charge in [0.25, 0.3) is 0 Å². The molecule has 1 N–H and O–H groups in total. The average molecular weight is 170 g/mol. The van der Waals surface area contributed by atoms with Gasteiger partial charge >= 0.3 is 0 Å². The van der Waals surface area contributed by atoms with Crippen LogP contribution in [0, 0.1) is 0 Å². The molecule has 0 bridgehead atoms. The van der Waals surface area contributed by atoms with Gasteiger partial charge in [-0.1, -0.05) is 6.58 Å². The van der Waals surface area contributed by atoms with Gasteiger partial charge < -0.3 is 5.11 Å². The van der Waals surface area contributed by atoms with E-state index in [0.717, 1.165) is 23.1 Å². The van der Waals surface area contributed by atoms with Gasteiger partial charge in [-0.25, -0.2) is 0 Å². The number of halogens is 1. The van der Waals surface area contributed by atoms with E-state index in [0.29, 0.717) is 12.8 Å². The minimum absolute atomic E-state index is 0.292. The van der Waals surface area contributed by atoms with E-state index in [1.54, 1.807) is 0 Å². The fourth-order valence-electron chi connectivity index (χ4n) is 1.61. The Kier molecular flexibility index (Phi) is 3.04. The molecule has 1 aliphatic carbocycles. The highest BCUT2D eigenvalue weighted by Gasteiger charge is 2.22. The normalized spacial score (nSPS) is 23.9. The summed E-state index contributed by atoms with van der Waals surface area (Å²) in [5.41, 5.74) is 3.04. The van der Waals surface area contributed by atoms with Crippen molar-refractivity contribution in [3.05, 3.63) is 23.3 Å². The molecule has 0 aliphatic heterocycles. The van der Waals surface area contributed by atoms with Gasteiger partial charge in [-0.2, -0.15) is 0 Å². The predicted octanol–water partition coefficient (Wildman–Crippen LogP) is 2.37. The quantitative estimate of drug-likeness (QED) is 0.689. The Morgan fingerprint density at radius 2 is 2.33 bits per heavy atom. The van der Waals surface area contributed by atoms with Crippen molar-refractivity contribution in [3.63, 3.8) is 0 Å². The molecule has 0 amide bonds. The third kappa shape index (κ3) is 1.75. The molecule has 0 spiro atoms. The van der Waals surface area contributed by atoms with Crippen LogP contribution in [0.4, 0.5) is 4.39 Å². The molecule has 1 aliphatic rings. The summed E-state index contributed by atoms with van der Waals surface area (Å²) in [6.45, 7) is 5.46. The Morgan fingerprint density at radius 3 is 2.75 bits per heavy atom. The zero-order chi connectivity index (χ0) is 9.14. The second-order valence-electron chi connectivity index (χ2n) is 3.28. The van der Waals surface area contributed by atoms with E-state index >= 15 is 0 Å². The van der Waals surface area contributed by atoms with Crippen molar-refractivity contribution in [1.82, 2.24) is 0 Å². The SMILES string of the molecule is C=C1C[C@H](O)C(C)=C1CCCF. The molecule has 0 saturated carbocycles. The summed E-state index contributed by atoms with van der Waals surface area (Å²) < 4.78 is 11.9. The zero-order valence-electron chi connectivity index (χ0n) is 7.44. The summed E-state index contributed by atoms with van der Waals surface area (Å²) >= 11 is 0. The molecule has 0 aromatic rings. The largest absolute Gasteiger partial charge is 0.388 e. The highest BCUT2D eigenvalue weighted by atomic mass is 19.1. The maximum atomic E-state index is 11.9. The molecular weight excluding hydrogens is 155 g/mol. The summed E-state index contributed by atoms with van der Waals surface area (Å²) in [5.74, 6) is 0. The lowest BCUT2D eigenvalue weighted by Gasteiger charge is -2.03. The van der Waals surface area contributed by atoms with E-state index in [4.69, 9.17) is 0 Å². The minimum Gasteiger partial charge on any atom is -0.388 e. The maximum Gasteiger partial charge on any atom is 0.0897 e. The topological polar surface area (TPSA) is 20.2 Å². The van der Waals surface area contributed by atoms with Crippen LogP contribution in [0.5, 0.6) is 0 Å². The molecule has 1 nitrogen and oxygen atoms in total. The van der Waals surface area contributed by atoms with Gasteiger partial charge in [0.05, 0.1) is 12.8 Å². The van der Waals surface area contributed by atoms with Crippen molar-refractivity contribution in [2.24, 2.45) is 0 Å². The average Bonchev–Trinajstić information content (AvgIpc) is 2.25.